The van der Waals surface area contributed by atoms with Crippen molar-refractivity contribution in [2.24, 2.45) is 0 Å². The van der Waals surface area contributed by atoms with E-state index in [1.807, 2.05) is 12.1 Å². The number of nitriles is 1. The van der Waals surface area contributed by atoms with E-state index >= 15 is 8.78 Å². The van der Waals surface area contributed by atoms with Crippen molar-refractivity contribution in [1.29, 1.82) is 5.26 Å². The van der Waals surface area contributed by atoms with Gasteiger partial charge in [0.1, 0.15) is 23.7 Å². The predicted octanol–water partition coefficient (Wildman–Crippen LogP) is 4.53. The molecule has 10 nitrogen and oxygen atoms in total. The minimum absolute atomic E-state index is 0.140. The number of anilines is 1. The number of tetrazole rings is 1. The van der Waals surface area contributed by atoms with Gasteiger partial charge in [0.05, 0.1) is 18.2 Å². The number of rotatable bonds is 8. The quantitative estimate of drug-likeness (QED) is 0.245. The molecular formula is C33H26F4N8O2. The first-order valence-electron chi connectivity index (χ1n) is 14.5. The van der Waals surface area contributed by atoms with Gasteiger partial charge in [-0.2, -0.15) is 14.0 Å². The van der Waals surface area contributed by atoms with Gasteiger partial charge in [-0.1, -0.05) is 18.2 Å². The zero-order chi connectivity index (χ0) is 33.2. The molecule has 3 heterocycles. The molecule has 1 saturated heterocycles. The number of aliphatic hydroxyl groups is 1. The Hall–Kier alpha value is -5.68. The molecule has 1 aliphatic heterocycles. The molecule has 14 heteroatoms. The summed E-state index contributed by atoms with van der Waals surface area (Å²) in [5.74, 6) is -6.70. The van der Waals surface area contributed by atoms with Gasteiger partial charge in [0, 0.05) is 60.8 Å². The number of alkyl halides is 2. The molecule has 1 fully saturated rings. The van der Waals surface area contributed by atoms with Gasteiger partial charge in [0.2, 0.25) is 0 Å². The van der Waals surface area contributed by atoms with Crippen LogP contribution >= 0.6 is 0 Å². The molecule has 5 aromatic rings. The van der Waals surface area contributed by atoms with Crippen LogP contribution in [0.4, 0.5) is 23.2 Å². The van der Waals surface area contributed by atoms with Crippen molar-refractivity contribution in [1.82, 2.24) is 30.1 Å². The highest BCUT2D eigenvalue weighted by atomic mass is 19.3. The molecule has 238 valence electrons. The van der Waals surface area contributed by atoms with Crippen LogP contribution in [-0.2, 0) is 18.1 Å². The average molecular weight is 643 g/mol. The lowest BCUT2D eigenvalue weighted by atomic mass is 9.84. The largest absolute Gasteiger partial charge is 0.377 e. The zero-order valence-electron chi connectivity index (χ0n) is 24.6. The average Bonchev–Trinajstić information content (AvgIpc) is 3.61. The molecule has 1 atom stereocenters. The highest BCUT2D eigenvalue weighted by Gasteiger charge is 2.58. The number of pyridine rings is 1. The minimum Gasteiger partial charge on any atom is -0.377 e. The van der Waals surface area contributed by atoms with Crippen LogP contribution in [0.2, 0.25) is 0 Å². The Morgan fingerprint density at radius 2 is 1.62 bits per heavy atom. The van der Waals surface area contributed by atoms with Crippen molar-refractivity contribution < 1.29 is 27.5 Å². The number of amides is 1. The van der Waals surface area contributed by atoms with Crippen molar-refractivity contribution in [2.45, 2.75) is 18.1 Å². The summed E-state index contributed by atoms with van der Waals surface area (Å²) in [6.07, 6.45) is 2.16. The van der Waals surface area contributed by atoms with Gasteiger partial charge < -0.3 is 14.9 Å². The molecule has 47 heavy (non-hydrogen) atoms. The van der Waals surface area contributed by atoms with Crippen LogP contribution in [0.25, 0.3) is 11.1 Å². The van der Waals surface area contributed by atoms with Crippen LogP contribution in [-0.4, -0.2) is 67.3 Å². The molecule has 1 aliphatic rings. The second kappa shape index (κ2) is 12.6. The molecule has 1 N–H and O–H groups in total. The van der Waals surface area contributed by atoms with Crippen molar-refractivity contribution >= 4 is 11.6 Å². The Bertz CT molecular complexity index is 1910. The van der Waals surface area contributed by atoms with Crippen LogP contribution in [0.1, 0.15) is 27.2 Å². The lowest BCUT2D eigenvalue weighted by Crippen LogP contribution is -2.48. The lowest BCUT2D eigenvalue weighted by molar-refractivity contribution is -0.207. The second-order valence-corrected chi connectivity index (χ2v) is 11.0. The van der Waals surface area contributed by atoms with Crippen LogP contribution in [0.3, 0.4) is 0 Å². The predicted molar refractivity (Wildman–Crippen MR) is 161 cm³/mol. The van der Waals surface area contributed by atoms with Crippen LogP contribution in [0.5, 0.6) is 0 Å². The first-order valence-corrected chi connectivity index (χ1v) is 14.5. The Kier molecular flexibility index (Phi) is 8.40. The van der Waals surface area contributed by atoms with Crippen molar-refractivity contribution in [3.63, 3.8) is 0 Å². The van der Waals surface area contributed by atoms with Gasteiger partial charge in [-0.15, -0.1) is 5.10 Å². The normalized spacial score (nSPS) is 14.8. The number of hydrogen-bond acceptors (Lipinski definition) is 8. The molecule has 2 aromatic heterocycles. The SMILES string of the molecule is N#Cc1ccc(N2CCN(C(=O)c3ccc(-c4ccc(C(F)(F)[C@](O)(Cn5cnnn5)c5ccc(F)cc5F)nc4)cc3)CC2)cc1. The third-order valence-corrected chi connectivity index (χ3v) is 8.16. The number of piperazine rings is 1. The summed E-state index contributed by atoms with van der Waals surface area (Å²) >= 11 is 0. The minimum atomic E-state index is -4.18. The van der Waals surface area contributed by atoms with E-state index in [4.69, 9.17) is 5.26 Å². The number of hydrogen-bond donors (Lipinski definition) is 1. The van der Waals surface area contributed by atoms with Gasteiger partial charge in [-0.3, -0.25) is 9.78 Å². The Balaban J connectivity index is 1.16. The summed E-state index contributed by atoms with van der Waals surface area (Å²) in [7, 11) is 0. The summed E-state index contributed by atoms with van der Waals surface area (Å²) in [6.45, 7) is 1.34. The van der Waals surface area contributed by atoms with Crippen molar-refractivity contribution in [2.75, 3.05) is 31.1 Å². The monoisotopic (exact) mass is 642 g/mol. The van der Waals surface area contributed by atoms with E-state index in [0.717, 1.165) is 34.9 Å². The maximum absolute atomic E-state index is 16.1. The van der Waals surface area contributed by atoms with Gasteiger partial charge in [-0.05, 0) is 70.6 Å². The van der Waals surface area contributed by atoms with Crippen LogP contribution in [0.15, 0.2) is 91.4 Å². The molecule has 0 aliphatic carbocycles. The third-order valence-electron chi connectivity index (χ3n) is 8.16. The third kappa shape index (κ3) is 6.12. The number of carbonyl (C=O) groups excluding carboxylic acids is 1. The number of carbonyl (C=O) groups is 1. The fourth-order valence-electron chi connectivity index (χ4n) is 5.53. The van der Waals surface area contributed by atoms with E-state index in [1.165, 1.54) is 12.3 Å². The van der Waals surface area contributed by atoms with E-state index in [1.54, 1.807) is 41.3 Å². The van der Waals surface area contributed by atoms with Gasteiger partial charge in [0.15, 0.2) is 5.60 Å². The molecule has 0 radical (unpaired) electrons. The Morgan fingerprint density at radius 1 is 0.915 bits per heavy atom. The van der Waals surface area contributed by atoms with E-state index in [-0.39, 0.29) is 5.91 Å². The maximum Gasteiger partial charge on any atom is 0.323 e. The lowest BCUT2D eigenvalue weighted by Gasteiger charge is -2.36. The topological polar surface area (TPSA) is 124 Å². The molecular weight excluding hydrogens is 616 g/mol. The molecule has 3 aromatic carbocycles. The molecule has 6 rings (SSSR count). The number of aromatic nitrogens is 5. The van der Waals surface area contributed by atoms with E-state index < -0.39 is 41.0 Å². The summed E-state index contributed by atoms with van der Waals surface area (Å²) in [5, 5.41) is 30.6. The Labute approximate surface area is 266 Å². The highest BCUT2D eigenvalue weighted by Crippen LogP contribution is 2.47. The van der Waals surface area contributed by atoms with Crippen LogP contribution in [0, 0.1) is 23.0 Å². The maximum atomic E-state index is 16.1. The number of benzene rings is 3. The molecule has 0 bridgehead atoms. The summed E-state index contributed by atoms with van der Waals surface area (Å²) in [4.78, 5) is 21.0. The standard InChI is InChI=1S/C33H26F4N8O2/c34-26-8-11-28(29(35)17-26)32(47,20-45-21-40-41-42-45)33(36,37)30-12-7-25(19-39-30)23-3-5-24(6-4-23)31(46)44-15-13-43(14-16-44)27-9-1-22(18-38)2-10-27/h1-12,17,19,21,47H,13-16,20H2/t32-/m0/s1. The Morgan fingerprint density at radius 3 is 2.21 bits per heavy atom. The van der Waals surface area contributed by atoms with Gasteiger partial charge in [-0.25, -0.2) is 13.5 Å². The fourth-order valence-corrected chi connectivity index (χ4v) is 5.53. The van der Waals surface area contributed by atoms with E-state index in [9.17, 15) is 18.7 Å². The van der Waals surface area contributed by atoms with E-state index in [2.05, 4.69) is 31.5 Å². The van der Waals surface area contributed by atoms with Gasteiger partial charge >= 0.3 is 5.92 Å². The summed E-state index contributed by atoms with van der Waals surface area (Å²) < 4.78 is 61.3. The summed E-state index contributed by atoms with van der Waals surface area (Å²) in [5.41, 5.74) is -1.89. The molecule has 0 saturated carbocycles. The highest BCUT2D eigenvalue weighted by molar-refractivity contribution is 5.95. The molecule has 0 unspecified atom stereocenters. The number of nitrogens with zero attached hydrogens (tertiary/aromatic N) is 8. The second-order valence-electron chi connectivity index (χ2n) is 11.0. The summed E-state index contributed by atoms with van der Waals surface area (Å²) in [6, 6.07) is 20.3. The molecule has 1 amide bonds. The smallest absolute Gasteiger partial charge is 0.323 e. The molecule has 0 spiro atoms. The first kappa shape index (κ1) is 31.3. The van der Waals surface area contributed by atoms with Crippen LogP contribution < -0.4 is 4.90 Å². The van der Waals surface area contributed by atoms with Gasteiger partial charge in [0.25, 0.3) is 5.91 Å². The number of halogens is 4. The van der Waals surface area contributed by atoms with Crippen molar-refractivity contribution in [3.05, 3.63) is 125 Å². The first-order chi connectivity index (χ1) is 22.6. The zero-order valence-corrected chi connectivity index (χ0v) is 24.6. The fraction of sp³-hybridized carbons (Fsp3) is 0.212. The van der Waals surface area contributed by atoms with Crippen molar-refractivity contribution in [3.8, 4) is 17.2 Å². The van der Waals surface area contributed by atoms with E-state index in [0.29, 0.717) is 54.5 Å².